The number of imidazole rings is 1. The number of hydrogen-bond acceptors (Lipinski definition) is 4. The molecule has 0 amide bonds. The summed E-state index contributed by atoms with van der Waals surface area (Å²) in [6.07, 6.45) is 1.62. The van der Waals surface area contributed by atoms with Crippen LogP contribution in [-0.2, 0) is 13.1 Å². The number of nitrogens with zero attached hydrogens (tertiary/aromatic N) is 4. The third-order valence-corrected chi connectivity index (χ3v) is 5.57. The van der Waals surface area contributed by atoms with Gasteiger partial charge in [-0.2, -0.15) is 0 Å². The van der Waals surface area contributed by atoms with Crippen LogP contribution in [0.5, 0.6) is 5.75 Å². The minimum Gasteiger partial charge on any atom is -0.496 e. The smallest absolute Gasteiger partial charge is 0.337 e. The van der Waals surface area contributed by atoms with Gasteiger partial charge in [-0.25, -0.2) is 14.3 Å². The van der Waals surface area contributed by atoms with Crippen molar-refractivity contribution in [2.75, 3.05) is 7.11 Å². The van der Waals surface area contributed by atoms with E-state index in [0.717, 1.165) is 28.1 Å². The number of benzene rings is 2. The summed E-state index contributed by atoms with van der Waals surface area (Å²) >= 11 is 0. The van der Waals surface area contributed by atoms with E-state index in [9.17, 15) is 9.59 Å². The molecule has 2 heterocycles. The van der Waals surface area contributed by atoms with Gasteiger partial charge in [-0.1, -0.05) is 49.7 Å². The normalized spacial score (nSPS) is 11.4. The van der Waals surface area contributed by atoms with Crippen molar-refractivity contribution in [3.05, 3.63) is 86.3 Å². The molecule has 0 unspecified atom stereocenters. The molecule has 4 aromatic rings. The number of aryl methyl sites for hydroxylation is 2. The van der Waals surface area contributed by atoms with Crippen LogP contribution in [0.15, 0.2) is 58.4 Å². The zero-order valence-electron chi connectivity index (χ0n) is 19.1. The summed E-state index contributed by atoms with van der Waals surface area (Å²) < 4.78 is 10.2. The molecule has 32 heavy (non-hydrogen) atoms. The van der Waals surface area contributed by atoms with Crippen LogP contribution in [0.1, 0.15) is 30.5 Å². The van der Waals surface area contributed by atoms with Crippen molar-refractivity contribution in [2.45, 2.75) is 40.8 Å². The van der Waals surface area contributed by atoms with Gasteiger partial charge >= 0.3 is 5.69 Å². The van der Waals surface area contributed by atoms with E-state index in [1.807, 2.05) is 70.2 Å². The van der Waals surface area contributed by atoms with Crippen LogP contribution in [0.25, 0.3) is 16.9 Å². The summed E-state index contributed by atoms with van der Waals surface area (Å²) in [5.41, 5.74) is 3.77. The largest absolute Gasteiger partial charge is 0.496 e. The number of methoxy groups -OCH3 is 1. The molecule has 0 spiro atoms. The predicted molar refractivity (Wildman–Crippen MR) is 126 cm³/mol. The second-order valence-corrected chi connectivity index (χ2v) is 8.57. The quantitative estimate of drug-likeness (QED) is 0.466. The highest BCUT2D eigenvalue weighted by Crippen LogP contribution is 2.22. The molecule has 7 nitrogen and oxygen atoms in total. The SMILES string of the molecule is COc1ccccc1Cn1cnc2c1c(=O)n(CC(C)C)c(=O)n2-c1ccc(C)cc1C. The second kappa shape index (κ2) is 8.49. The van der Waals surface area contributed by atoms with E-state index in [2.05, 4.69) is 4.98 Å². The van der Waals surface area contributed by atoms with E-state index in [1.54, 1.807) is 22.6 Å². The first-order valence-corrected chi connectivity index (χ1v) is 10.7. The molecule has 0 N–H and O–H groups in total. The van der Waals surface area contributed by atoms with Gasteiger partial charge in [0.2, 0.25) is 0 Å². The summed E-state index contributed by atoms with van der Waals surface area (Å²) in [5.74, 6) is 0.871. The summed E-state index contributed by atoms with van der Waals surface area (Å²) in [5, 5.41) is 0. The highest BCUT2D eigenvalue weighted by atomic mass is 16.5. The molecule has 2 aromatic carbocycles. The Morgan fingerprint density at radius 1 is 1.06 bits per heavy atom. The Kier molecular flexibility index (Phi) is 5.74. The Balaban J connectivity index is 2.02. The van der Waals surface area contributed by atoms with E-state index >= 15 is 0 Å². The Bertz CT molecular complexity index is 1410. The molecule has 0 radical (unpaired) electrons. The lowest BCUT2D eigenvalue weighted by Gasteiger charge is -2.16. The molecule has 0 aliphatic rings. The third-order valence-electron chi connectivity index (χ3n) is 5.57. The summed E-state index contributed by atoms with van der Waals surface area (Å²) in [7, 11) is 1.62. The van der Waals surface area contributed by atoms with Crippen LogP contribution in [0.4, 0.5) is 0 Å². The topological polar surface area (TPSA) is 71.1 Å². The van der Waals surface area contributed by atoms with Gasteiger partial charge in [0.25, 0.3) is 5.56 Å². The third kappa shape index (κ3) is 3.75. The van der Waals surface area contributed by atoms with E-state index in [1.165, 1.54) is 4.57 Å². The van der Waals surface area contributed by atoms with Gasteiger partial charge in [0.05, 0.1) is 25.7 Å². The number of rotatable bonds is 6. The molecule has 4 rings (SSSR count). The molecule has 0 aliphatic heterocycles. The summed E-state index contributed by atoms with van der Waals surface area (Å²) in [6.45, 7) is 8.69. The molecule has 7 heteroatoms. The summed E-state index contributed by atoms with van der Waals surface area (Å²) in [4.78, 5) is 31.5. The van der Waals surface area contributed by atoms with Crippen LogP contribution < -0.4 is 16.0 Å². The van der Waals surface area contributed by atoms with Crippen LogP contribution in [0.3, 0.4) is 0 Å². The molecular weight excluding hydrogens is 404 g/mol. The molecule has 166 valence electrons. The lowest BCUT2D eigenvalue weighted by molar-refractivity contribution is 0.408. The number of aromatic nitrogens is 4. The van der Waals surface area contributed by atoms with Crippen LogP contribution in [0, 0.1) is 19.8 Å². The average Bonchev–Trinajstić information content (AvgIpc) is 3.16. The number of ether oxygens (including phenoxy) is 1. The van der Waals surface area contributed by atoms with Gasteiger partial charge in [0, 0.05) is 12.1 Å². The van der Waals surface area contributed by atoms with Gasteiger partial charge < -0.3 is 9.30 Å². The highest BCUT2D eigenvalue weighted by Gasteiger charge is 2.21. The molecule has 2 aromatic heterocycles. The fourth-order valence-corrected chi connectivity index (χ4v) is 4.12. The van der Waals surface area contributed by atoms with Crippen LogP contribution in [0.2, 0.25) is 0 Å². The average molecular weight is 433 g/mol. The molecule has 0 saturated carbocycles. The Morgan fingerprint density at radius 2 is 1.81 bits per heavy atom. The molecule has 0 saturated heterocycles. The monoisotopic (exact) mass is 432 g/mol. The highest BCUT2D eigenvalue weighted by molar-refractivity contribution is 5.73. The van der Waals surface area contributed by atoms with E-state index in [-0.39, 0.29) is 17.2 Å². The van der Waals surface area contributed by atoms with Crippen molar-refractivity contribution in [2.24, 2.45) is 5.92 Å². The molecule has 0 fully saturated rings. The predicted octanol–water partition coefficient (Wildman–Crippen LogP) is 3.68. The van der Waals surface area contributed by atoms with Crippen LogP contribution >= 0.6 is 0 Å². The molecule has 0 atom stereocenters. The van der Waals surface area contributed by atoms with E-state index in [4.69, 9.17) is 4.74 Å². The first-order valence-electron chi connectivity index (χ1n) is 10.7. The zero-order chi connectivity index (χ0) is 23.0. The standard InChI is InChI=1S/C25H28N4O3/c1-16(2)13-28-24(30)22-23(29(25(28)31)20-11-10-17(3)12-18(20)4)26-15-27(22)14-19-8-6-7-9-21(19)32-5/h6-12,15-16H,13-14H2,1-5H3. The lowest BCUT2D eigenvalue weighted by atomic mass is 10.1. The maximum Gasteiger partial charge on any atom is 0.337 e. The molecule has 0 bridgehead atoms. The zero-order valence-corrected chi connectivity index (χ0v) is 19.1. The molecule has 0 aliphatic carbocycles. The van der Waals surface area contributed by atoms with Gasteiger partial charge in [0.15, 0.2) is 11.2 Å². The van der Waals surface area contributed by atoms with Gasteiger partial charge in [-0.05, 0) is 37.5 Å². The van der Waals surface area contributed by atoms with Crippen molar-refractivity contribution in [3.63, 3.8) is 0 Å². The van der Waals surface area contributed by atoms with E-state index in [0.29, 0.717) is 24.3 Å². The Morgan fingerprint density at radius 3 is 2.50 bits per heavy atom. The lowest BCUT2D eigenvalue weighted by Crippen LogP contribution is -2.41. The van der Waals surface area contributed by atoms with Gasteiger partial charge in [-0.15, -0.1) is 0 Å². The first kappa shape index (κ1) is 21.6. The Hall–Kier alpha value is -3.61. The number of fused-ring (bicyclic) bond motifs is 1. The minimum absolute atomic E-state index is 0.135. The van der Waals surface area contributed by atoms with Crippen molar-refractivity contribution >= 4 is 11.2 Å². The second-order valence-electron chi connectivity index (χ2n) is 8.57. The minimum atomic E-state index is -0.370. The van der Waals surface area contributed by atoms with Gasteiger partial charge in [0.1, 0.15) is 5.75 Å². The number of hydrogen-bond donors (Lipinski definition) is 0. The number of para-hydroxylation sites is 1. The van der Waals surface area contributed by atoms with Crippen molar-refractivity contribution < 1.29 is 4.74 Å². The maximum atomic E-state index is 13.5. The fraction of sp³-hybridized carbons (Fsp3) is 0.320. The Labute approximate surface area is 186 Å². The first-order chi connectivity index (χ1) is 15.3. The molecular formula is C25H28N4O3. The van der Waals surface area contributed by atoms with Crippen LogP contribution in [-0.4, -0.2) is 25.8 Å². The summed E-state index contributed by atoms with van der Waals surface area (Å²) in [6, 6.07) is 13.6. The fourth-order valence-electron chi connectivity index (χ4n) is 4.12. The van der Waals surface area contributed by atoms with Crippen molar-refractivity contribution in [1.29, 1.82) is 0 Å². The van der Waals surface area contributed by atoms with Crippen molar-refractivity contribution in [3.8, 4) is 11.4 Å². The maximum absolute atomic E-state index is 13.5. The van der Waals surface area contributed by atoms with Crippen molar-refractivity contribution in [1.82, 2.24) is 18.7 Å². The van der Waals surface area contributed by atoms with E-state index < -0.39 is 0 Å². The van der Waals surface area contributed by atoms with Gasteiger partial charge in [-0.3, -0.25) is 9.36 Å².